The van der Waals surface area contributed by atoms with Gasteiger partial charge >= 0.3 is 0 Å². The van der Waals surface area contributed by atoms with E-state index < -0.39 is 16.1 Å². The number of sulfonamides is 1. The quantitative estimate of drug-likeness (QED) is 0.856. The van der Waals surface area contributed by atoms with Crippen molar-refractivity contribution in [3.05, 3.63) is 59.7 Å². The van der Waals surface area contributed by atoms with Crippen LogP contribution < -0.4 is 4.31 Å². The third-order valence-corrected chi connectivity index (χ3v) is 5.49. The van der Waals surface area contributed by atoms with Crippen LogP contribution in [0.1, 0.15) is 11.1 Å². The fraction of sp³-hybridized carbons (Fsp3) is 0.188. The Kier molecular flexibility index (Phi) is 3.19. The average Bonchev–Trinajstić information content (AvgIpc) is 2.87. The molecule has 0 saturated carbocycles. The zero-order valence-electron chi connectivity index (χ0n) is 11.5. The van der Waals surface area contributed by atoms with Crippen LogP contribution in [0.25, 0.3) is 0 Å². The van der Waals surface area contributed by atoms with Crippen LogP contribution in [0.5, 0.6) is 0 Å². The van der Waals surface area contributed by atoms with Gasteiger partial charge in [0.05, 0.1) is 16.7 Å². The third-order valence-electron chi connectivity index (χ3n) is 3.65. The maximum absolute atomic E-state index is 12.9. The first kappa shape index (κ1) is 13.7. The predicted molar refractivity (Wildman–Crippen MR) is 80.4 cm³/mol. The molecule has 1 aliphatic heterocycles. The second-order valence-corrected chi connectivity index (χ2v) is 6.91. The summed E-state index contributed by atoms with van der Waals surface area (Å²) in [5.74, 6) is 0. The van der Waals surface area contributed by atoms with Gasteiger partial charge in [0.25, 0.3) is 10.0 Å². The van der Waals surface area contributed by atoms with Gasteiger partial charge in [0.1, 0.15) is 6.04 Å². The van der Waals surface area contributed by atoms with Gasteiger partial charge in [0.2, 0.25) is 0 Å². The second kappa shape index (κ2) is 4.90. The van der Waals surface area contributed by atoms with Crippen molar-refractivity contribution in [2.45, 2.75) is 24.3 Å². The van der Waals surface area contributed by atoms with E-state index >= 15 is 0 Å². The summed E-state index contributed by atoms with van der Waals surface area (Å²) in [6, 6.07) is 15.4. The number of aryl methyl sites for hydroxylation is 1. The van der Waals surface area contributed by atoms with Crippen molar-refractivity contribution in [2.24, 2.45) is 0 Å². The Morgan fingerprint density at radius 3 is 2.48 bits per heavy atom. The standard InChI is InChI=1S/C16H14N2O2S/c1-12-6-8-15(9-7-12)21(19,20)18-14(11-17)10-13-4-2-3-5-16(13)18/h2-9,14H,10H2,1H3. The van der Waals surface area contributed by atoms with Gasteiger partial charge < -0.3 is 0 Å². The number of nitriles is 1. The highest BCUT2D eigenvalue weighted by Gasteiger charge is 2.38. The molecule has 0 saturated heterocycles. The van der Waals surface area contributed by atoms with E-state index in [0.717, 1.165) is 11.1 Å². The van der Waals surface area contributed by atoms with Crippen molar-refractivity contribution in [1.29, 1.82) is 5.26 Å². The molecule has 1 heterocycles. The largest absolute Gasteiger partial charge is 0.265 e. The molecule has 1 atom stereocenters. The van der Waals surface area contributed by atoms with Crippen molar-refractivity contribution < 1.29 is 8.42 Å². The van der Waals surface area contributed by atoms with Gasteiger partial charge in [-0.2, -0.15) is 5.26 Å². The van der Waals surface area contributed by atoms with Crippen LogP contribution in [-0.2, 0) is 16.4 Å². The van der Waals surface area contributed by atoms with E-state index in [-0.39, 0.29) is 4.90 Å². The van der Waals surface area contributed by atoms with Crippen LogP contribution >= 0.6 is 0 Å². The summed E-state index contributed by atoms with van der Waals surface area (Å²) in [4.78, 5) is 0.213. The molecular weight excluding hydrogens is 284 g/mol. The van der Waals surface area contributed by atoms with Gasteiger partial charge in [-0.25, -0.2) is 12.7 Å². The molecule has 0 amide bonds. The molecule has 1 unspecified atom stereocenters. The summed E-state index contributed by atoms with van der Waals surface area (Å²) in [6.45, 7) is 1.90. The molecule has 2 aromatic rings. The lowest BCUT2D eigenvalue weighted by atomic mass is 10.1. The van der Waals surface area contributed by atoms with Gasteiger partial charge in [-0.1, -0.05) is 35.9 Å². The SMILES string of the molecule is Cc1ccc(S(=O)(=O)N2c3ccccc3CC2C#N)cc1. The monoisotopic (exact) mass is 298 g/mol. The van der Waals surface area contributed by atoms with Crippen molar-refractivity contribution in [3.63, 3.8) is 0 Å². The molecule has 0 radical (unpaired) electrons. The predicted octanol–water partition coefficient (Wildman–Crippen LogP) is 2.64. The fourth-order valence-electron chi connectivity index (χ4n) is 2.58. The molecule has 0 fully saturated rings. The maximum atomic E-state index is 12.9. The van der Waals surface area contributed by atoms with E-state index in [9.17, 15) is 13.7 Å². The lowest BCUT2D eigenvalue weighted by Crippen LogP contribution is -2.36. The smallest absolute Gasteiger partial charge is 0.248 e. The number of hydrogen-bond donors (Lipinski definition) is 0. The average molecular weight is 298 g/mol. The fourth-order valence-corrected chi connectivity index (χ4v) is 4.18. The minimum atomic E-state index is -3.72. The molecule has 0 bridgehead atoms. The molecule has 3 rings (SSSR count). The van der Waals surface area contributed by atoms with Gasteiger partial charge in [-0.3, -0.25) is 0 Å². The van der Waals surface area contributed by atoms with Gasteiger partial charge in [0, 0.05) is 6.42 Å². The number of anilines is 1. The molecule has 0 N–H and O–H groups in total. The van der Waals surface area contributed by atoms with E-state index in [0.29, 0.717) is 12.1 Å². The van der Waals surface area contributed by atoms with E-state index in [1.165, 1.54) is 4.31 Å². The second-order valence-electron chi connectivity index (χ2n) is 5.09. The number of para-hydroxylation sites is 1. The molecule has 2 aromatic carbocycles. The minimum absolute atomic E-state index is 0.213. The van der Waals surface area contributed by atoms with Gasteiger partial charge in [-0.05, 0) is 30.7 Å². The molecule has 5 heteroatoms. The summed E-state index contributed by atoms with van der Waals surface area (Å²) in [5, 5.41) is 9.31. The first-order chi connectivity index (χ1) is 10.0. The molecule has 0 aliphatic carbocycles. The van der Waals surface area contributed by atoms with E-state index in [1.807, 2.05) is 19.1 Å². The first-order valence-electron chi connectivity index (χ1n) is 6.62. The summed E-state index contributed by atoms with van der Waals surface area (Å²) in [6.07, 6.45) is 0.428. The van der Waals surface area contributed by atoms with Crippen LogP contribution in [0.15, 0.2) is 53.4 Å². The van der Waals surface area contributed by atoms with E-state index in [1.54, 1.807) is 36.4 Å². The highest BCUT2D eigenvalue weighted by Crippen LogP contribution is 2.36. The van der Waals surface area contributed by atoms with Crippen LogP contribution in [0.2, 0.25) is 0 Å². The van der Waals surface area contributed by atoms with Crippen LogP contribution in [0.4, 0.5) is 5.69 Å². The Hall–Kier alpha value is -2.32. The van der Waals surface area contributed by atoms with Gasteiger partial charge in [-0.15, -0.1) is 0 Å². The summed E-state index contributed by atoms with van der Waals surface area (Å²) in [5.41, 5.74) is 2.48. The highest BCUT2D eigenvalue weighted by atomic mass is 32.2. The molecule has 106 valence electrons. The first-order valence-corrected chi connectivity index (χ1v) is 8.06. The third kappa shape index (κ3) is 2.18. The molecule has 0 spiro atoms. The Labute approximate surface area is 124 Å². The summed E-state index contributed by atoms with van der Waals surface area (Å²) in [7, 11) is -3.72. The molecule has 0 aromatic heterocycles. The lowest BCUT2D eigenvalue weighted by molar-refractivity contribution is 0.588. The van der Waals surface area contributed by atoms with Crippen LogP contribution in [0.3, 0.4) is 0 Å². The Balaban J connectivity index is 2.13. The van der Waals surface area contributed by atoms with Crippen molar-refractivity contribution >= 4 is 15.7 Å². The van der Waals surface area contributed by atoms with Crippen LogP contribution in [0, 0.1) is 18.3 Å². The Morgan fingerprint density at radius 2 is 1.81 bits per heavy atom. The normalized spacial score (nSPS) is 17.3. The van der Waals surface area contributed by atoms with Gasteiger partial charge in [0.15, 0.2) is 0 Å². The Morgan fingerprint density at radius 1 is 1.14 bits per heavy atom. The van der Waals surface area contributed by atoms with Crippen LogP contribution in [-0.4, -0.2) is 14.5 Å². The number of benzene rings is 2. The highest BCUT2D eigenvalue weighted by molar-refractivity contribution is 7.92. The summed E-state index contributed by atoms with van der Waals surface area (Å²) < 4.78 is 26.9. The number of nitrogens with zero attached hydrogens (tertiary/aromatic N) is 2. The molecule has 4 nitrogen and oxygen atoms in total. The number of fused-ring (bicyclic) bond motifs is 1. The lowest BCUT2D eigenvalue weighted by Gasteiger charge is -2.22. The van der Waals surface area contributed by atoms with Crippen molar-refractivity contribution in [3.8, 4) is 6.07 Å². The van der Waals surface area contributed by atoms with E-state index in [4.69, 9.17) is 0 Å². The Bertz CT molecular complexity index is 820. The minimum Gasteiger partial charge on any atom is -0.248 e. The van der Waals surface area contributed by atoms with E-state index in [2.05, 4.69) is 6.07 Å². The molecule has 21 heavy (non-hydrogen) atoms. The maximum Gasteiger partial charge on any atom is 0.265 e. The molecular formula is C16H14N2O2S. The number of rotatable bonds is 2. The topological polar surface area (TPSA) is 61.2 Å². The van der Waals surface area contributed by atoms with Crippen molar-refractivity contribution in [1.82, 2.24) is 0 Å². The summed E-state index contributed by atoms with van der Waals surface area (Å²) >= 11 is 0. The zero-order valence-corrected chi connectivity index (χ0v) is 12.3. The van der Waals surface area contributed by atoms with Crippen molar-refractivity contribution in [2.75, 3.05) is 4.31 Å². The zero-order chi connectivity index (χ0) is 15.0. The molecule has 1 aliphatic rings. The number of hydrogen-bond acceptors (Lipinski definition) is 3.